The van der Waals surface area contributed by atoms with Crippen molar-refractivity contribution in [3.63, 3.8) is 0 Å². The number of hydrogen-bond acceptors (Lipinski definition) is 7. The zero-order valence-electron chi connectivity index (χ0n) is 17.2. The van der Waals surface area contributed by atoms with E-state index in [0.29, 0.717) is 21.5 Å². The summed E-state index contributed by atoms with van der Waals surface area (Å²) in [5.41, 5.74) is 5.62. The monoisotopic (exact) mass is 470 g/mol. The SMILES string of the molecule is Cc1coc2ccc(-c3cc(Nc4c[n+]([O-])ccc4S(C)(=O)=O)cc4nccnc34)cc12.[NaH]. The number of hydrogen-bond donors (Lipinski definition) is 1. The summed E-state index contributed by atoms with van der Waals surface area (Å²) in [6, 6.07) is 10.8. The van der Waals surface area contributed by atoms with Gasteiger partial charge in [0.1, 0.15) is 16.2 Å². The van der Waals surface area contributed by atoms with Crippen LogP contribution in [0.3, 0.4) is 0 Å². The molecular formula is C23H19N4NaO4S. The van der Waals surface area contributed by atoms with Gasteiger partial charge in [-0.25, -0.2) is 8.42 Å². The Kier molecular flexibility index (Phi) is 6.15. The number of rotatable bonds is 4. The predicted octanol–water partition coefficient (Wildman–Crippen LogP) is 3.48. The third kappa shape index (κ3) is 4.45. The van der Waals surface area contributed by atoms with E-state index in [2.05, 4.69) is 15.3 Å². The Bertz CT molecular complexity index is 1620. The summed E-state index contributed by atoms with van der Waals surface area (Å²) in [5.74, 6) is 0. The second-order valence-corrected chi connectivity index (χ2v) is 9.54. The van der Waals surface area contributed by atoms with Gasteiger partial charge in [0.15, 0.2) is 16.0 Å². The van der Waals surface area contributed by atoms with Gasteiger partial charge in [0.2, 0.25) is 6.20 Å². The molecule has 0 saturated heterocycles. The van der Waals surface area contributed by atoms with Crippen molar-refractivity contribution in [2.75, 3.05) is 11.6 Å². The molecule has 0 radical (unpaired) electrons. The van der Waals surface area contributed by atoms with E-state index in [-0.39, 0.29) is 40.1 Å². The van der Waals surface area contributed by atoms with Gasteiger partial charge in [-0.15, -0.1) is 0 Å². The molecule has 0 fully saturated rings. The van der Waals surface area contributed by atoms with Crippen LogP contribution in [0, 0.1) is 12.1 Å². The molecule has 0 aliphatic heterocycles. The van der Waals surface area contributed by atoms with Gasteiger partial charge in [0, 0.05) is 41.4 Å². The molecule has 5 rings (SSSR count). The Morgan fingerprint density at radius 3 is 2.67 bits per heavy atom. The van der Waals surface area contributed by atoms with Gasteiger partial charge in [-0.05, 0) is 42.3 Å². The summed E-state index contributed by atoms with van der Waals surface area (Å²) >= 11 is 0. The Hall–Kier alpha value is -2.98. The molecule has 8 nitrogen and oxygen atoms in total. The molecule has 0 aliphatic carbocycles. The van der Waals surface area contributed by atoms with Crippen LogP contribution < -0.4 is 10.0 Å². The molecule has 1 N–H and O–H groups in total. The molecule has 5 aromatic rings. The first kappa shape index (κ1) is 23.2. The summed E-state index contributed by atoms with van der Waals surface area (Å²) in [4.78, 5) is 8.95. The molecule has 0 unspecified atom stereocenters. The fourth-order valence-electron chi connectivity index (χ4n) is 3.73. The van der Waals surface area contributed by atoms with E-state index in [1.807, 2.05) is 31.2 Å². The number of nitrogens with zero attached hydrogens (tertiary/aromatic N) is 3. The van der Waals surface area contributed by atoms with Crippen LogP contribution in [0.5, 0.6) is 0 Å². The Labute approximate surface area is 212 Å². The van der Waals surface area contributed by atoms with E-state index in [0.717, 1.165) is 40.1 Å². The fourth-order valence-corrected chi connectivity index (χ4v) is 4.54. The summed E-state index contributed by atoms with van der Waals surface area (Å²) in [6.07, 6.45) is 8.38. The van der Waals surface area contributed by atoms with E-state index in [1.165, 1.54) is 12.3 Å². The number of aryl methyl sites for hydroxylation is 1. The van der Waals surface area contributed by atoms with Crippen molar-refractivity contribution < 1.29 is 17.6 Å². The van der Waals surface area contributed by atoms with Gasteiger partial charge in [0.25, 0.3) is 0 Å². The van der Waals surface area contributed by atoms with Crippen molar-refractivity contribution in [3.8, 4) is 11.1 Å². The molecule has 0 amide bonds. The number of sulfone groups is 1. The Balaban J connectivity index is 0.00000259. The van der Waals surface area contributed by atoms with Crippen LogP contribution in [0.25, 0.3) is 33.1 Å². The fraction of sp³-hybridized carbons (Fsp3) is 0.0870. The van der Waals surface area contributed by atoms with Crippen molar-refractivity contribution in [3.05, 3.63) is 78.2 Å². The van der Waals surface area contributed by atoms with Gasteiger partial charge in [-0.2, -0.15) is 4.73 Å². The number of anilines is 2. The molecule has 162 valence electrons. The second-order valence-electron chi connectivity index (χ2n) is 7.56. The third-order valence-corrected chi connectivity index (χ3v) is 6.38. The average Bonchev–Trinajstić information content (AvgIpc) is 3.12. The molecular weight excluding hydrogens is 451 g/mol. The predicted molar refractivity (Wildman–Crippen MR) is 128 cm³/mol. The molecule has 0 spiro atoms. The van der Waals surface area contributed by atoms with E-state index >= 15 is 0 Å². The molecule has 3 heterocycles. The van der Waals surface area contributed by atoms with Gasteiger partial charge < -0.3 is 14.9 Å². The minimum absolute atomic E-state index is 0. The summed E-state index contributed by atoms with van der Waals surface area (Å²) in [5, 5.41) is 15.9. The Morgan fingerprint density at radius 1 is 1.09 bits per heavy atom. The second kappa shape index (κ2) is 8.75. The van der Waals surface area contributed by atoms with Crippen LogP contribution in [-0.2, 0) is 9.84 Å². The van der Waals surface area contributed by atoms with Gasteiger partial charge in [0.05, 0.1) is 17.3 Å². The van der Waals surface area contributed by atoms with E-state index in [1.54, 1.807) is 24.7 Å². The average molecular weight is 470 g/mol. The number of pyridine rings is 1. The molecule has 10 heteroatoms. The van der Waals surface area contributed by atoms with Crippen LogP contribution in [0.4, 0.5) is 11.4 Å². The third-order valence-electron chi connectivity index (χ3n) is 5.22. The summed E-state index contributed by atoms with van der Waals surface area (Å²) < 4.78 is 30.5. The van der Waals surface area contributed by atoms with Crippen molar-refractivity contribution in [1.29, 1.82) is 0 Å². The maximum absolute atomic E-state index is 12.2. The zero-order chi connectivity index (χ0) is 22.5. The molecule has 3 aromatic heterocycles. The first-order chi connectivity index (χ1) is 15.3. The van der Waals surface area contributed by atoms with Crippen LogP contribution in [-0.4, -0.2) is 54.2 Å². The normalized spacial score (nSPS) is 11.5. The van der Waals surface area contributed by atoms with Crippen molar-refractivity contribution in [2.24, 2.45) is 0 Å². The summed E-state index contributed by atoms with van der Waals surface area (Å²) in [7, 11) is -3.55. The molecule has 0 aliphatic rings. The zero-order valence-corrected chi connectivity index (χ0v) is 18.1. The van der Waals surface area contributed by atoms with Crippen molar-refractivity contribution in [2.45, 2.75) is 11.8 Å². The number of fused-ring (bicyclic) bond motifs is 2. The van der Waals surface area contributed by atoms with Gasteiger partial charge in [-0.1, -0.05) is 6.07 Å². The van der Waals surface area contributed by atoms with Crippen LogP contribution in [0.15, 0.2) is 76.8 Å². The first-order valence-electron chi connectivity index (χ1n) is 9.72. The number of nitrogens with one attached hydrogen (secondary N) is 1. The Morgan fingerprint density at radius 2 is 1.88 bits per heavy atom. The van der Waals surface area contributed by atoms with Crippen LogP contribution in [0.1, 0.15) is 5.56 Å². The van der Waals surface area contributed by atoms with Crippen LogP contribution >= 0.6 is 0 Å². The molecule has 33 heavy (non-hydrogen) atoms. The number of furan rings is 1. The standard InChI is InChI=1S/C23H18N4O4S.Na.H/c1-14-13-31-21-4-3-15(9-17(14)21)18-10-16(11-19-23(18)25-7-6-24-19)26-20-12-27(28)8-5-22(20)32(2,29)30;;/h3-13,26H,1-2H3;;. The molecule has 0 saturated carbocycles. The van der Waals surface area contributed by atoms with E-state index in [9.17, 15) is 13.6 Å². The molecule has 0 atom stereocenters. The summed E-state index contributed by atoms with van der Waals surface area (Å²) in [6.45, 7) is 1.98. The van der Waals surface area contributed by atoms with Crippen molar-refractivity contribution in [1.82, 2.24) is 9.97 Å². The van der Waals surface area contributed by atoms with E-state index < -0.39 is 9.84 Å². The number of benzene rings is 2. The number of aromatic nitrogens is 3. The van der Waals surface area contributed by atoms with Crippen molar-refractivity contribution >= 4 is 72.8 Å². The van der Waals surface area contributed by atoms with E-state index in [4.69, 9.17) is 4.42 Å². The topological polar surface area (TPSA) is 112 Å². The molecule has 0 bridgehead atoms. The quantitative estimate of drug-likeness (QED) is 0.243. The first-order valence-corrected chi connectivity index (χ1v) is 11.6. The minimum atomic E-state index is -3.55. The van der Waals surface area contributed by atoms with Crippen LogP contribution in [0.2, 0.25) is 0 Å². The van der Waals surface area contributed by atoms with Gasteiger partial charge >= 0.3 is 29.6 Å². The van der Waals surface area contributed by atoms with Gasteiger partial charge in [-0.3, -0.25) is 9.97 Å². The maximum atomic E-state index is 12.2. The molecule has 2 aromatic carbocycles.